The Hall–Kier alpha value is -2.96. The maximum absolute atomic E-state index is 10.7. The highest BCUT2D eigenvalue weighted by Crippen LogP contribution is 2.35. The normalized spacial score (nSPS) is 11.3. The molecule has 6 nitrogen and oxygen atoms in total. The van der Waals surface area contributed by atoms with E-state index in [0.717, 1.165) is 15.7 Å². The number of pyridine rings is 2. The highest BCUT2D eigenvalue weighted by Gasteiger charge is 2.20. The molecular formula is C20H22N4O2. The summed E-state index contributed by atoms with van der Waals surface area (Å²) in [5.41, 5.74) is 3.09. The molecule has 0 amide bonds. The first-order valence-corrected chi connectivity index (χ1v) is 8.30. The fraction of sp³-hybridized carbons (Fsp3) is 0.200. The van der Waals surface area contributed by atoms with Gasteiger partial charge in [0.25, 0.3) is 0 Å². The maximum atomic E-state index is 10.7. The lowest BCUT2D eigenvalue weighted by Crippen LogP contribution is -2.18. The van der Waals surface area contributed by atoms with Crippen LogP contribution in [0, 0.1) is 0 Å². The Kier molecular flexibility index (Phi) is 4.88. The summed E-state index contributed by atoms with van der Waals surface area (Å²) in [4.78, 5) is 7.94. The summed E-state index contributed by atoms with van der Waals surface area (Å²) in [5, 5.41) is 23.5. The first-order valence-electron chi connectivity index (χ1n) is 8.30. The van der Waals surface area contributed by atoms with Gasteiger partial charge in [-0.1, -0.05) is 20.8 Å². The molecule has 0 saturated heterocycles. The highest BCUT2D eigenvalue weighted by molar-refractivity contribution is 5.70. The topological polar surface area (TPSA) is 72.7 Å². The predicted octanol–water partition coefficient (Wildman–Crippen LogP) is 4.83. The fourth-order valence-electron chi connectivity index (χ4n) is 2.54. The Bertz CT molecular complexity index is 800. The van der Waals surface area contributed by atoms with Crippen molar-refractivity contribution >= 4 is 22.7 Å². The van der Waals surface area contributed by atoms with E-state index in [2.05, 4.69) is 30.7 Å². The molecule has 6 heteroatoms. The first-order chi connectivity index (χ1) is 12.4. The number of nitrogens with zero attached hydrogens (tertiary/aromatic N) is 4. The van der Waals surface area contributed by atoms with Gasteiger partial charge in [-0.2, -0.15) is 0 Å². The second kappa shape index (κ2) is 7.11. The zero-order chi connectivity index (χ0) is 18.7. The maximum Gasteiger partial charge on any atom is 0.0723 e. The van der Waals surface area contributed by atoms with Crippen molar-refractivity contribution in [2.75, 3.05) is 10.1 Å². The summed E-state index contributed by atoms with van der Waals surface area (Å²) in [5.74, 6) is 0. The molecule has 2 aromatic heterocycles. The van der Waals surface area contributed by atoms with Crippen molar-refractivity contribution in [3.05, 3.63) is 72.8 Å². The van der Waals surface area contributed by atoms with Crippen LogP contribution in [0.3, 0.4) is 0 Å². The molecule has 0 bridgehead atoms. The zero-order valence-electron chi connectivity index (χ0n) is 15.0. The van der Waals surface area contributed by atoms with Crippen LogP contribution in [-0.4, -0.2) is 20.4 Å². The standard InChI is InChI=1S/C20H22N4O2/c1-20(2,3)15-12-18(23(25)16-4-8-21-9-5-16)14-19(13-15)24(26)17-6-10-22-11-7-17/h4-14,25-26H,1-3H3. The van der Waals surface area contributed by atoms with Crippen LogP contribution in [0.4, 0.5) is 22.7 Å². The Morgan fingerprint density at radius 3 is 1.38 bits per heavy atom. The van der Waals surface area contributed by atoms with Gasteiger partial charge in [-0.15, -0.1) is 0 Å². The molecule has 0 atom stereocenters. The minimum atomic E-state index is -0.164. The second-order valence-corrected chi connectivity index (χ2v) is 7.02. The molecule has 3 aromatic rings. The van der Waals surface area contributed by atoms with Gasteiger partial charge in [0.15, 0.2) is 0 Å². The summed E-state index contributed by atoms with van der Waals surface area (Å²) in [6.45, 7) is 6.24. The molecule has 2 heterocycles. The lowest BCUT2D eigenvalue weighted by atomic mass is 9.86. The van der Waals surface area contributed by atoms with Crippen LogP contribution in [0.15, 0.2) is 67.3 Å². The van der Waals surface area contributed by atoms with Gasteiger partial charge in [0, 0.05) is 24.8 Å². The van der Waals surface area contributed by atoms with Gasteiger partial charge >= 0.3 is 0 Å². The monoisotopic (exact) mass is 350 g/mol. The molecule has 134 valence electrons. The van der Waals surface area contributed by atoms with Crippen molar-refractivity contribution in [3.63, 3.8) is 0 Å². The van der Waals surface area contributed by atoms with Crippen molar-refractivity contribution in [1.29, 1.82) is 0 Å². The third-order valence-corrected chi connectivity index (χ3v) is 4.07. The third kappa shape index (κ3) is 3.82. The van der Waals surface area contributed by atoms with Crippen LogP contribution in [0.5, 0.6) is 0 Å². The van der Waals surface area contributed by atoms with Crippen molar-refractivity contribution in [2.45, 2.75) is 26.2 Å². The molecule has 2 N–H and O–H groups in total. The van der Waals surface area contributed by atoms with E-state index in [4.69, 9.17) is 0 Å². The van der Waals surface area contributed by atoms with Crippen molar-refractivity contribution < 1.29 is 10.4 Å². The van der Waals surface area contributed by atoms with Crippen LogP contribution in [0.2, 0.25) is 0 Å². The van der Waals surface area contributed by atoms with Gasteiger partial charge in [0.05, 0.1) is 22.7 Å². The summed E-state index contributed by atoms with van der Waals surface area (Å²) in [6, 6.07) is 12.4. The van der Waals surface area contributed by atoms with Crippen LogP contribution < -0.4 is 10.1 Å². The summed E-state index contributed by atoms with van der Waals surface area (Å²) >= 11 is 0. The van der Waals surface area contributed by atoms with Gasteiger partial charge in [0.2, 0.25) is 0 Å². The minimum Gasteiger partial charge on any atom is -0.284 e. The Labute approximate surface area is 152 Å². The van der Waals surface area contributed by atoms with Gasteiger partial charge in [-0.25, -0.2) is 10.1 Å². The number of rotatable bonds is 4. The molecular weight excluding hydrogens is 328 g/mol. The molecule has 0 aliphatic rings. The SMILES string of the molecule is CC(C)(C)c1cc(N(O)c2ccncc2)cc(N(O)c2ccncc2)c1. The van der Waals surface area contributed by atoms with Gasteiger partial charge in [0.1, 0.15) is 0 Å². The number of hydrogen-bond donors (Lipinski definition) is 2. The highest BCUT2D eigenvalue weighted by atomic mass is 16.5. The van der Waals surface area contributed by atoms with Crippen LogP contribution in [0.25, 0.3) is 0 Å². The van der Waals surface area contributed by atoms with E-state index in [1.807, 2.05) is 12.1 Å². The fourth-order valence-corrected chi connectivity index (χ4v) is 2.54. The summed E-state index contributed by atoms with van der Waals surface area (Å²) < 4.78 is 0. The van der Waals surface area contributed by atoms with E-state index in [9.17, 15) is 10.4 Å². The zero-order valence-corrected chi connectivity index (χ0v) is 15.0. The smallest absolute Gasteiger partial charge is 0.0723 e. The largest absolute Gasteiger partial charge is 0.284 e. The average molecular weight is 350 g/mol. The summed E-state index contributed by atoms with van der Waals surface area (Å²) in [6.07, 6.45) is 6.45. The quantitative estimate of drug-likeness (QED) is 0.657. The lowest BCUT2D eigenvalue weighted by molar-refractivity contribution is 0.296. The Balaban J connectivity index is 2.08. The van der Waals surface area contributed by atoms with Crippen molar-refractivity contribution in [3.8, 4) is 0 Å². The van der Waals surface area contributed by atoms with Gasteiger partial charge < -0.3 is 0 Å². The van der Waals surface area contributed by atoms with Crippen LogP contribution >= 0.6 is 0 Å². The first kappa shape index (κ1) is 17.8. The van der Waals surface area contributed by atoms with Gasteiger partial charge in [-0.3, -0.25) is 20.4 Å². The molecule has 0 aliphatic heterocycles. The number of benzene rings is 1. The molecule has 26 heavy (non-hydrogen) atoms. The second-order valence-electron chi connectivity index (χ2n) is 7.02. The minimum absolute atomic E-state index is 0.164. The molecule has 1 aromatic carbocycles. The molecule has 0 aliphatic carbocycles. The molecule has 0 spiro atoms. The average Bonchev–Trinajstić information content (AvgIpc) is 2.67. The van der Waals surface area contributed by atoms with E-state index in [-0.39, 0.29) is 5.41 Å². The van der Waals surface area contributed by atoms with E-state index in [1.54, 1.807) is 55.1 Å². The van der Waals surface area contributed by atoms with Crippen LogP contribution in [0.1, 0.15) is 26.3 Å². The van der Waals surface area contributed by atoms with E-state index in [0.29, 0.717) is 22.7 Å². The molecule has 0 saturated carbocycles. The number of hydrogen-bond acceptors (Lipinski definition) is 6. The van der Waals surface area contributed by atoms with E-state index < -0.39 is 0 Å². The van der Waals surface area contributed by atoms with Crippen molar-refractivity contribution in [1.82, 2.24) is 9.97 Å². The van der Waals surface area contributed by atoms with Gasteiger partial charge in [-0.05, 0) is 53.4 Å². The third-order valence-electron chi connectivity index (χ3n) is 4.07. The summed E-state index contributed by atoms with van der Waals surface area (Å²) in [7, 11) is 0. The molecule has 3 rings (SSSR count). The molecule has 0 fully saturated rings. The Morgan fingerprint density at radius 1 is 0.654 bits per heavy atom. The van der Waals surface area contributed by atoms with E-state index >= 15 is 0 Å². The molecule has 0 radical (unpaired) electrons. The Morgan fingerprint density at radius 2 is 1.04 bits per heavy atom. The number of anilines is 4. The lowest BCUT2D eigenvalue weighted by Gasteiger charge is -2.26. The van der Waals surface area contributed by atoms with E-state index in [1.165, 1.54) is 0 Å². The number of aromatic nitrogens is 2. The molecule has 0 unspecified atom stereocenters. The predicted molar refractivity (Wildman–Crippen MR) is 101 cm³/mol. The van der Waals surface area contributed by atoms with Crippen LogP contribution in [-0.2, 0) is 5.41 Å². The van der Waals surface area contributed by atoms with Crippen molar-refractivity contribution in [2.24, 2.45) is 0 Å².